The topological polar surface area (TPSA) is 36.4 Å². The Morgan fingerprint density at radius 2 is 1.89 bits per heavy atom. The van der Waals surface area contributed by atoms with Crippen LogP contribution in [0.15, 0.2) is 12.1 Å². The van der Waals surface area contributed by atoms with Crippen LogP contribution in [0.4, 0.5) is 5.82 Å². The van der Waals surface area contributed by atoms with E-state index in [9.17, 15) is 5.11 Å². The molecule has 1 aromatic rings. The highest BCUT2D eigenvalue weighted by Crippen LogP contribution is 2.29. The summed E-state index contributed by atoms with van der Waals surface area (Å²) in [6, 6.07) is 4.65. The second kappa shape index (κ2) is 5.49. The van der Waals surface area contributed by atoms with Crippen LogP contribution in [0.3, 0.4) is 0 Å². The summed E-state index contributed by atoms with van der Waals surface area (Å²) in [6.07, 6.45) is 5.15. The molecule has 3 nitrogen and oxygen atoms in total. The Morgan fingerprint density at radius 1 is 1.26 bits per heavy atom. The Kier molecular flexibility index (Phi) is 4.14. The van der Waals surface area contributed by atoms with Gasteiger partial charge in [-0.05, 0) is 30.5 Å². The third kappa shape index (κ3) is 3.27. The van der Waals surface area contributed by atoms with E-state index in [1.807, 2.05) is 12.1 Å². The van der Waals surface area contributed by atoms with E-state index in [-0.39, 0.29) is 12.0 Å². The molecule has 0 saturated heterocycles. The summed E-state index contributed by atoms with van der Waals surface area (Å²) in [5.74, 6) is 1.00. The molecule has 0 aliphatic heterocycles. The maximum atomic E-state index is 9.45. The SMILES string of the molecule is CN(c1cc(CO)cc(C(C)(C)C)n1)C1CCCC1. The average Bonchev–Trinajstić information content (AvgIpc) is 2.90. The van der Waals surface area contributed by atoms with Crippen LogP contribution in [0, 0.1) is 0 Å². The minimum Gasteiger partial charge on any atom is -0.392 e. The molecule has 0 bridgehead atoms. The Morgan fingerprint density at radius 3 is 2.42 bits per heavy atom. The fourth-order valence-corrected chi connectivity index (χ4v) is 2.71. The molecule has 2 rings (SSSR count). The fraction of sp³-hybridized carbons (Fsp3) is 0.688. The van der Waals surface area contributed by atoms with E-state index in [0.29, 0.717) is 6.04 Å². The number of aliphatic hydroxyl groups is 1. The molecule has 3 heteroatoms. The summed E-state index contributed by atoms with van der Waals surface area (Å²) in [6.45, 7) is 6.57. The first-order chi connectivity index (χ1) is 8.91. The molecule has 1 fully saturated rings. The van der Waals surface area contributed by atoms with Gasteiger partial charge in [0.15, 0.2) is 0 Å². The highest BCUT2D eigenvalue weighted by Gasteiger charge is 2.23. The second-order valence-corrected chi connectivity index (χ2v) is 6.68. The number of nitrogens with zero attached hydrogens (tertiary/aromatic N) is 2. The molecule has 1 aliphatic rings. The number of rotatable bonds is 3. The lowest BCUT2D eigenvalue weighted by Crippen LogP contribution is -2.30. The zero-order valence-corrected chi connectivity index (χ0v) is 12.6. The molecule has 0 unspecified atom stereocenters. The van der Waals surface area contributed by atoms with E-state index in [1.165, 1.54) is 25.7 Å². The van der Waals surface area contributed by atoms with Crippen LogP contribution < -0.4 is 4.90 Å². The van der Waals surface area contributed by atoms with Gasteiger partial charge in [-0.25, -0.2) is 4.98 Å². The van der Waals surface area contributed by atoms with Crippen LogP contribution in [0.25, 0.3) is 0 Å². The van der Waals surface area contributed by atoms with Crippen molar-refractivity contribution in [3.8, 4) is 0 Å². The lowest BCUT2D eigenvalue weighted by atomic mass is 9.90. The zero-order chi connectivity index (χ0) is 14.0. The summed E-state index contributed by atoms with van der Waals surface area (Å²) in [5, 5.41) is 9.45. The monoisotopic (exact) mass is 262 g/mol. The summed E-state index contributed by atoms with van der Waals surface area (Å²) in [7, 11) is 2.13. The molecule has 0 spiro atoms. The summed E-state index contributed by atoms with van der Waals surface area (Å²) in [4.78, 5) is 7.10. The first-order valence-corrected chi connectivity index (χ1v) is 7.27. The lowest BCUT2D eigenvalue weighted by Gasteiger charge is -2.28. The van der Waals surface area contributed by atoms with Crippen molar-refractivity contribution in [3.05, 3.63) is 23.4 Å². The molecular weight excluding hydrogens is 236 g/mol. The largest absolute Gasteiger partial charge is 0.392 e. The number of hydrogen-bond donors (Lipinski definition) is 1. The van der Waals surface area contributed by atoms with Crippen LogP contribution in [0.1, 0.15) is 57.7 Å². The van der Waals surface area contributed by atoms with Gasteiger partial charge in [0.1, 0.15) is 5.82 Å². The predicted octanol–water partition coefficient (Wildman–Crippen LogP) is 3.25. The molecule has 106 valence electrons. The number of aromatic nitrogens is 1. The molecule has 1 aliphatic carbocycles. The summed E-state index contributed by atoms with van der Waals surface area (Å²) >= 11 is 0. The van der Waals surface area contributed by atoms with E-state index in [4.69, 9.17) is 4.98 Å². The normalized spacial score (nSPS) is 16.9. The van der Waals surface area contributed by atoms with Crippen LogP contribution in [0.5, 0.6) is 0 Å². The smallest absolute Gasteiger partial charge is 0.129 e. The molecule has 1 heterocycles. The third-order valence-electron chi connectivity index (χ3n) is 4.06. The molecule has 0 aromatic carbocycles. The number of pyridine rings is 1. The quantitative estimate of drug-likeness (QED) is 0.908. The average molecular weight is 262 g/mol. The first kappa shape index (κ1) is 14.3. The van der Waals surface area contributed by atoms with Gasteiger partial charge in [0.05, 0.1) is 6.61 Å². The number of anilines is 1. The van der Waals surface area contributed by atoms with Crippen molar-refractivity contribution >= 4 is 5.82 Å². The van der Waals surface area contributed by atoms with E-state index in [1.54, 1.807) is 0 Å². The van der Waals surface area contributed by atoms with Crippen molar-refractivity contribution in [2.45, 2.75) is 64.5 Å². The minimum atomic E-state index is 0.0104. The van der Waals surface area contributed by atoms with Gasteiger partial charge in [-0.2, -0.15) is 0 Å². The molecular formula is C16H26N2O. The van der Waals surface area contributed by atoms with Crippen LogP contribution in [-0.2, 0) is 12.0 Å². The fourth-order valence-electron chi connectivity index (χ4n) is 2.71. The van der Waals surface area contributed by atoms with Crippen molar-refractivity contribution in [2.24, 2.45) is 0 Å². The third-order valence-corrected chi connectivity index (χ3v) is 4.06. The van der Waals surface area contributed by atoms with E-state index in [0.717, 1.165) is 17.1 Å². The van der Waals surface area contributed by atoms with Crippen LogP contribution in [0.2, 0.25) is 0 Å². The summed E-state index contributed by atoms with van der Waals surface area (Å²) < 4.78 is 0. The van der Waals surface area contributed by atoms with Crippen molar-refractivity contribution < 1.29 is 5.11 Å². The molecule has 1 N–H and O–H groups in total. The molecule has 19 heavy (non-hydrogen) atoms. The molecule has 0 amide bonds. The Labute approximate surface area is 116 Å². The van der Waals surface area contributed by atoms with Crippen LogP contribution >= 0.6 is 0 Å². The number of aliphatic hydroxyl groups excluding tert-OH is 1. The van der Waals surface area contributed by atoms with E-state index < -0.39 is 0 Å². The van der Waals surface area contributed by atoms with Crippen molar-refractivity contribution in [1.82, 2.24) is 4.98 Å². The van der Waals surface area contributed by atoms with Gasteiger partial charge in [0.25, 0.3) is 0 Å². The lowest BCUT2D eigenvalue weighted by molar-refractivity contribution is 0.281. The highest BCUT2D eigenvalue weighted by atomic mass is 16.3. The standard InChI is InChI=1S/C16H26N2O/c1-16(2,3)14-9-12(11-19)10-15(17-14)18(4)13-7-5-6-8-13/h9-10,13,19H,5-8,11H2,1-4H3. The predicted molar refractivity (Wildman–Crippen MR) is 79.5 cm³/mol. The van der Waals surface area contributed by atoms with Gasteiger partial charge in [-0.1, -0.05) is 33.6 Å². The molecule has 1 saturated carbocycles. The van der Waals surface area contributed by atoms with Crippen molar-refractivity contribution in [2.75, 3.05) is 11.9 Å². The maximum absolute atomic E-state index is 9.45. The maximum Gasteiger partial charge on any atom is 0.129 e. The van der Waals surface area contributed by atoms with E-state index in [2.05, 4.69) is 32.7 Å². The zero-order valence-electron chi connectivity index (χ0n) is 12.6. The highest BCUT2D eigenvalue weighted by molar-refractivity contribution is 5.44. The number of hydrogen-bond acceptors (Lipinski definition) is 3. The Bertz CT molecular complexity index is 431. The van der Waals surface area contributed by atoms with Crippen molar-refractivity contribution in [1.29, 1.82) is 0 Å². The molecule has 0 radical (unpaired) electrons. The summed E-state index contributed by atoms with van der Waals surface area (Å²) in [5.41, 5.74) is 2.02. The molecule has 1 aromatic heterocycles. The van der Waals surface area contributed by atoms with Crippen molar-refractivity contribution in [3.63, 3.8) is 0 Å². The molecule has 0 atom stereocenters. The van der Waals surface area contributed by atoms with Gasteiger partial charge in [-0.15, -0.1) is 0 Å². The van der Waals surface area contributed by atoms with Gasteiger partial charge in [-0.3, -0.25) is 0 Å². The van der Waals surface area contributed by atoms with Gasteiger partial charge in [0, 0.05) is 24.2 Å². The van der Waals surface area contributed by atoms with Gasteiger partial charge < -0.3 is 10.0 Å². The van der Waals surface area contributed by atoms with Gasteiger partial charge in [0.2, 0.25) is 0 Å². The van der Waals surface area contributed by atoms with Crippen LogP contribution in [-0.4, -0.2) is 23.2 Å². The second-order valence-electron chi connectivity index (χ2n) is 6.68. The van der Waals surface area contributed by atoms with Gasteiger partial charge >= 0.3 is 0 Å². The minimum absolute atomic E-state index is 0.0104. The first-order valence-electron chi connectivity index (χ1n) is 7.27. The van der Waals surface area contributed by atoms with E-state index >= 15 is 0 Å². The Hall–Kier alpha value is -1.09. The Balaban J connectivity index is 2.33.